The fourth-order valence-corrected chi connectivity index (χ4v) is 2.05. The molecular weight excluding hydrogens is 248 g/mol. The van der Waals surface area contributed by atoms with Crippen LogP contribution < -0.4 is 10.4 Å². The van der Waals surface area contributed by atoms with Crippen molar-refractivity contribution in [1.82, 2.24) is 0 Å². The van der Waals surface area contributed by atoms with E-state index >= 15 is 0 Å². The largest absolute Gasteiger partial charge is 0.0695 e. The minimum absolute atomic E-state index is 0.925. The van der Waals surface area contributed by atoms with Gasteiger partial charge in [0.05, 0.1) is 4.47 Å². The zero-order valence-electron chi connectivity index (χ0n) is 7.76. The number of allylic oxidation sites excluding steroid dienone is 1. The number of rotatable bonds is 0. The molecule has 2 aromatic rings. The SMILES string of the molecule is Brc1c#cc2c3c(ccc2c1)=CC=C=C=3. The summed E-state index contributed by atoms with van der Waals surface area (Å²) >= 11 is 3.39. The highest BCUT2D eigenvalue weighted by atomic mass is 79.9. The first-order valence-electron chi connectivity index (χ1n) is 4.59. The van der Waals surface area contributed by atoms with Crippen LogP contribution in [0.2, 0.25) is 0 Å². The monoisotopic (exact) mass is 252 g/mol. The van der Waals surface area contributed by atoms with Gasteiger partial charge in [0.1, 0.15) is 0 Å². The standard InChI is InChI=1S/C14H5Br/c15-12-7-8-14-11(9-12)6-5-10-3-1-2-4-13(10)14/h1,3,5-6,9H. The molecule has 0 atom stereocenters. The van der Waals surface area contributed by atoms with Gasteiger partial charge in [0, 0.05) is 10.6 Å². The normalized spacial score (nSPS) is 11.5. The molecule has 1 aliphatic carbocycles. The van der Waals surface area contributed by atoms with E-state index in [1.807, 2.05) is 18.2 Å². The van der Waals surface area contributed by atoms with Crippen LogP contribution in [-0.4, -0.2) is 0 Å². The molecule has 3 rings (SSSR count). The van der Waals surface area contributed by atoms with Crippen LogP contribution in [0.3, 0.4) is 0 Å². The molecule has 0 unspecified atom stereocenters. The van der Waals surface area contributed by atoms with Crippen LogP contribution in [0.25, 0.3) is 22.6 Å². The van der Waals surface area contributed by atoms with Gasteiger partial charge in [0.2, 0.25) is 0 Å². The lowest BCUT2D eigenvalue weighted by Gasteiger charge is -1.96. The summed E-state index contributed by atoms with van der Waals surface area (Å²) in [6.07, 6.45) is 3.90. The molecule has 0 aromatic heterocycles. The van der Waals surface area contributed by atoms with Gasteiger partial charge in [-0.1, -0.05) is 35.7 Å². The van der Waals surface area contributed by atoms with Crippen LogP contribution in [0.5, 0.6) is 0 Å². The Balaban J connectivity index is 2.67. The van der Waals surface area contributed by atoms with Crippen molar-refractivity contribution in [3.05, 3.63) is 57.0 Å². The summed E-state index contributed by atoms with van der Waals surface area (Å²) in [6, 6.07) is 12.4. The lowest BCUT2D eigenvalue weighted by Crippen LogP contribution is -2.24. The second-order valence-electron chi connectivity index (χ2n) is 3.34. The van der Waals surface area contributed by atoms with Crippen molar-refractivity contribution >= 4 is 38.5 Å². The third-order valence-electron chi connectivity index (χ3n) is 2.40. The van der Waals surface area contributed by atoms with Crippen molar-refractivity contribution in [1.29, 1.82) is 0 Å². The summed E-state index contributed by atoms with van der Waals surface area (Å²) in [4.78, 5) is 0. The third kappa shape index (κ3) is 1.33. The third-order valence-corrected chi connectivity index (χ3v) is 2.83. The minimum Gasteiger partial charge on any atom is -0.0695 e. The Labute approximate surface area is 95.7 Å². The van der Waals surface area contributed by atoms with E-state index in [-0.39, 0.29) is 0 Å². The quantitative estimate of drug-likeness (QED) is 0.630. The molecule has 68 valence electrons. The Morgan fingerprint density at radius 2 is 2.07 bits per heavy atom. The van der Waals surface area contributed by atoms with Crippen molar-refractivity contribution in [2.24, 2.45) is 0 Å². The molecular formula is C14H5Br. The van der Waals surface area contributed by atoms with Gasteiger partial charge in [-0.3, -0.25) is 0 Å². The first kappa shape index (κ1) is 8.60. The van der Waals surface area contributed by atoms with Crippen LogP contribution >= 0.6 is 15.9 Å². The Morgan fingerprint density at radius 1 is 1.13 bits per heavy atom. The van der Waals surface area contributed by atoms with Gasteiger partial charge >= 0.3 is 0 Å². The number of hydrogen-bond acceptors (Lipinski definition) is 0. The molecule has 0 saturated heterocycles. The second kappa shape index (κ2) is 3.16. The minimum atomic E-state index is 0.925. The Bertz CT molecular complexity index is 741. The highest BCUT2D eigenvalue weighted by molar-refractivity contribution is 9.10. The molecule has 1 aliphatic rings. The number of fused-ring (bicyclic) bond motifs is 3. The molecule has 0 saturated carbocycles. The molecule has 0 nitrogen and oxygen atoms in total. The van der Waals surface area contributed by atoms with Crippen molar-refractivity contribution in [3.63, 3.8) is 0 Å². The van der Waals surface area contributed by atoms with E-state index in [0.717, 1.165) is 25.7 Å². The summed E-state index contributed by atoms with van der Waals surface area (Å²) in [7, 11) is 0. The number of hydrogen-bond donors (Lipinski definition) is 0. The van der Waals surface area contributed by atoms with Crippen LogP contribution in [0.15, 0.2) is 34.5 Å². The van der Waals surface area contributed by atoms with E-state index in [1.54, 1.807) is 0 Å². The molecule has 0 N–H and O–H groups in total. The summed E-state index contributed by atoms with van der Waals surface area (Å²) in [6.45, 7) is 0. The Morgan fingerprint density at radius 3 is 3.00 bits per heavy atom. The lowest BCUT2D eigenvalue weighted by molar-refractivity contribution is 1.58. The van der Waals surface area contributed by atoms with Gasteiger partial charge in [-0.05, 0) is 44.8 Å². The first-order valence-corrected chi connectivity index (χ1v) is 5.38. The predicted molar refractivity (Wildman–Crippen MR) is 64.5 cm³/mol. The maximum absolute atomic E-state index is 3.39. The molecule has 1 heteroatoms. The van der Waals surface area contributed by atoms with E-state index in [1.165, 1.54) is 0 Å². The average Bonchev–Trinajstić information content (AvgIpc) is 2.28. The summed E-state index contributed by atoms with van der Waals surface area (Å²) in [5.74, 6) is 0. The summed E-state index contributed by atoms with van der Waals surface area (Å²) in [5, 5.41) is 4.41. The lowest BCUT2D eigenvalue weighted by atomic mass is 10.1. The Kier molecular flexibility index (Phi) is 1.81. The fourth-order valence-electron chi connectivity index (χ4n) is 1.70. The van der Waals surface area contributed by atoms with E-state index in [2.05, 4.69) is 51.7 Å². The molecule has 0 spiro atoms. The van der Waals surface area contributed by atoms with Gasteiger partial charge in [0.15, 0.2) is 0 Å². The molecule has 0 fully saturated rings. The summed E-state index contributed by atoms with van der Waals surface area (Å²) in [5.41, 5.74) is 6.09. The molecule has 0 heterocycles. The summed E-state index contributed by atoms with van der Waals surface area (Å²) < 4.78 is 0.925. The van der Waals surface area contributed by atoms with E-state index in [0.29, 0.717) is 0 Å². The number of benzene rings is 1. The first-order chi connectivity index (χ1) is 7.34. The van der Waals surface area contributed by atoms with Gasteiger partial charge in [-0.2, -0.15) is 0 Å². The van der Waals surface area contributed by atoms with Gasteiger partial charge in [-0.15, -0.1) is 0 Å². The van der Waals surface area contributed by atoms with Crippen molar-refractivity contribution < 1.29 is 0 Å². The highest BCUT2D eigenvalue weighted by Gasteiger charge is 1.97. The topological polar surface area (TPSA) is 0 Å². The number of halogens is 1. The molecule has 15 heavy (non-hydrogen) atoms. The predicted octanol–water partition coefficient (Wildman–Crippen LogP) is 2.09. The van der Waals surface area contributed by atoms with Gasteiger partial charge in [0.25, 0.3) is 0 Å². The Hall–Kier alpha value is -1.70. The zero-order valence-corrected chi connectivity index (χ0v) is 9.35. The van der Waals surface area contributed by atoms with Crippen LogP contribution in [-0.2, 0) is 0 Å². The smallest absolute Gasteiger partial charge is 0.0684 e. The average molecular weight is 253 g/mol. The molecule has 0 amide bonds. The molecule has 0 aliphatic heterocycles. The zero-order chi connectivity index (χ0) is 10.3. The van der Waals surface area contributed by atoms with Crippen LogP contribution in [0, 0.1) is 12.1 Å². The van der Waals surface area contributed by atoms with E-state index in [4.69, 9.17) is 0 Å². The van der Waals surface area contributed by atoms with Gasteiger partial charge < -0.3 is 0 Å². The maximum atomic E-state index is 3.39. The van der Waals surface area contributed by atoms with E-state index < -0.39 is 0 Å². The van der Waals surface area contributed by atoms with Crippen molar-refractivity contribution in [3.8, 4) is 0 Å². The molecule has 0 radical (unpaired) electrons. The van der Waals surface area contributed by atoms with E-state index in [9.17, 15) is 0 Å². The maximum Gasteiger partial charge on any atom is 0.0684 e. The second-order valence-corrected chi connectivity index (χ2v) is 4.19. The fraction of sp³-hybridized carbons (Fsp3) is 0. The van der Waals surface area contributed by atoms with Crippen molar-refractivity contribution in [2.75, 3.05) is 0 Å². The molecule has 2 aromatic carbocycles. The highest BCUT2D eigenvalue weighted by Crippen LogP contribution is 2.11. The van der Waals surface area contributed by atoms with Gasteiger partial charge in [-0.25, -0.2) is 0 Å². The van der Waals surface area contributed by atoms with Crippen LogP contribution in [0.1, 0.15) is 0 Å². The molecule has 0 bridgehead atoms. The van der Waals surface area contributed by atoms with Crippen molar-refractivity contribution in [2.45, 2.75) is 0 Å². The van der Waals surface area contributed by atoms with Crippen LogP contribution in [0.4, 0.5) is 0 Å².